The van der Waals surface area contributed by atoms with Gasteiger partial charge in [0, 0.05) is 23.7 Å². The molecule has 1 aromatic carbocycles. The van der Waals surface area contributed by atoms with Gasteiger partial charge in [0.2, 0.25) is 11.8 Å². The summed E-state index contributed by atoms with van der Waals surface area (Å²) in [5.41, 5.74) is 2.88. The van der Waals surface area contributed by atoms with Gasteiger partial charge < -0.3 is 20.1 Å². The molecule has 0 aliphatic carbocycles. The Kier molecular flexibility index (Phi) is 6.28. The molecule has 2 aromatic heterocycles. The van der Waals surface area contributed by atoms with Crippen molar-refractivity contribution in [2.24, 2.45) is 5.92 Å². The number of carbonyl (C=O) groups excluding carboxylic acids is 3. The first kappa shape index (κ1) is 22.7. The number of ketones is 1. The normalized spacial score (nSPS) is 16.2. The van der Waals surface area contributed by atoms with Crippen molar-refractivity contribution in [2.75, 3.05) is 44.0 Å². The summed E-state index contributed by atoms with van der Waals surface area (Å²) in [4.78, 5) is 48.1. The second-order valence-corrected chi connectivity index (χ2v) is 8.59. The minimum atomic E-state index is -0.239. The molecule has 10 nitrogen and oxygen atoms in total. The Bertz CT molecular complexity index is 1300. The lowest BCUT2D eigenvalue weighted by Gasteiger charge is -2.30. The maximum absolute atomic E-state index is 13.0. The maximum atomic E-state index is 13.0. The zero-order chi connectivity index (χ0) is 24.4. The van der Waals surface area contributed by atoms with E-state index in [4.69, 9.17) is 9.47 Å². The molecule has 3 aromatic rings. The number of pyridine rings is 2. The van der Waals surface area contributed by atoms with Crippen LogP contribution in [0.3, 0.4) is 0 Å². The number of amides is 2. The van der Waals surface area contributed by atoms with Gasteiger partial charge in [-0.2, -0.15) is 0 Å². The summed E-state index contributed by atoms with van der Waals surface area (Å²) in [7, 11) is 1.54. The van der Waals surface area contributed by atoms with Gasteiger partial charge in [-0.3, -0.25) is 24.3 Å². The van der Waals surface area contributed by atoms with Gasteiger partial charge in [-0.05, 0) is 56.3 Å². The molecule has 0 bridgehead atoms. The fourth-order valence-electron chi connectivity index (χ4n) is 4.36. The van der Waals surface area contributed by atoms with E-state index in [0.717, 1.165) is 0 Å². The van der Waals surface area contributed by atoms with E-state index >= 15 is 0 Å². The Balaban J connectivity index is 1.18. The average Bonchev–Trinajstić information content (AvgIpc) is 2.88. The second kappa shape index (κ2) is 9.67. The van der Waals surface area contributed by atoms with Crippen molar-refractivity contribution in [1.29, 1.82) is 0 Å². The zero-order valence-corrected chi connectivity index (χ0v) is 19.2. The number of Topliss-reactive ketones (excluding diaryl/α,β-unsaturated/α-hetero) is 1. The minimum absolute atomic E-state index is 0.0229. The predicted octanol–water partition coefficient (Wildman–Crippen LogP) is 2.50. The van der Waals surface area contributed by atoms with Gasteiger partial charge in [0.1, 0.15) is 11.3 Å². The summed E-state index contributed by atoms with van der Waals surface area (Å²) in [5, 5.41) is 5.72. The second-order valence-electron chi connectivity index (χ2n) is 8.59. The predicted molar refractivity (Wildman–Crippen MR) is 129 cm³/mol. The number of nitrogens with zero attached hydrogens (tertiary/aromatic N) is 3. The van der Waals surface area contributed by atoms with Crippen molar-refractivity contribution in [3.05, 3.63) is 48.2 Å². The number of likely N-dealkylation sites (tertiary alicyclic amines) is 1. The van der Waals surface area contributed by atoms with Crippen LogP contribution in [0.1, 0.15) is 23.2 Å². The molecule has 2 aliphatic heterocycles. The number of anilines is 2. The van der Waals surface area contributed by atoms with Gasteiger partial charge in [0.15, 0.2) is 12.4 Å². The molecule has 0 spiro atoms. The number of piperidine rings is 1. The van der Waals surface area contributed by atoms with Crippen LogP contribution in [-0.4, -0.2) is 65.8 Å². The third kappa shape index (κ3) is 4.92. The van der Waals surface area contributed by atoms with Gasteiger partial charge in [-0.25, -0.2) is 4.98 Å². The lowest BCUT2D eigenvalue weighted by atomic mass is 9.95. The summed E-state index contributed by atoms with van der Waals surface area (Å²) in [6.07, 6.45) is 2.93. The highest BCUT2D eigenvalue weighted by atomic mass is 16.5. The van der Waals surface area contributed by atoms with E-state index in [2.05, 4.69) is 25.5 Å². The molecule has 1 saturated heterocycles. The van der Waals surface area contributed by atoms with Crippen LogP contribution >= 0.6 is 0 Å². The summed E-state index contributed by atoms with van der Waals surface area (Å²) in [5.74, 6) is 0.497. The summed E-state index contributed by atoms with van der Waals surface area (Å²) in [6, 6.07) is 10.3. The highest BCUT2D eigenvalue weighted by Crippen LogP contribution is 2.29. The van der Waals surface area contributed by atoms with E-state index in [1.807, 2.05) is 0 Å². The van der Waals surface area contributed by atoms with Crippen LogP contribution in [0.25, 0.3) is 11.0 Å². The van der Waals surface area contributed by atoms with Crippen molar-refractivity contribution in [1.82, 2.24) is 14.9 Å². The minimum Gasteiger partial charge on any atom is -0.482 e. The lowest BCUT2D eigenvalue weighted by molar-refractivity contribution is -0.121. The molecule has 2 N–H and O–H groups in total. The molecule has 2 amide bonds. The molecule has 4 heterocycles. The fraction of sp³-hybridized carbons (Fsp3) is 0.320. The first-order valence-corrected chi connectivity index (χ1v) is 11.4. The van der Waals surface area contributed by atoms with Gasteiger partial charge in [-0.15, -0.1) is 0 Å². The number of benzene rings is 1. The van der Waals surface area contributed by atoms with E-state index in [-0.39, 0.29) is 36.7 Å². The standard InChI is InChI=1S/C25H25N5O5/c1-34-23-5-3-17-24(29-23)18(6-9-26-17)28-25(33)15-7-10-30(11-8-15)13-20(31)16-2-4-21-19(12-16)27-22(32)14-35-21/h2-6,9,12,15H,7-8,10-11,13-14H2,1H3,(H,27,32)(H,26,28,33). The highest BCUT2D eigenvalue weighted by molar-refractivity contribution is 6.02. The van der Waals surface area contributed by atoms with Crippen LogP contribution in [0.5, 0.6) is 11.6 Å². The monoisotopic (exact) mass is 475 g/mol. The number of hydrogen-bond acceptors (Lipinski definition) is 8. The molecule has 180 valence electrons. The molecule has 0 atom stereocenters. The third-order valence-corrected chi connectivity index (χ3v) is 6.29. The van der Waals surface area contributed by atoms with Crippen LogP contribution < -0.4 is 20.1 Å². The van der Waals surface area contributed by atoms with Gasteiger partial charge >= 0.3 is 0 Å². The molecule has 0 saturated carbocycles. The Hall–Kier alpha value is -4.05. The topological polar surface area (TPSA) is 123 Å². The van der Waals surface area contributed by atoms with Gasteiger partial charge in [0.25, 0.3) is 5.91 Å². The Labute approximate surface area is 201 Å². The lowest BCUT2D eigenvalue weighted by Crippen LogP contribution is -2.40. The Morgan fingerprint density at radius 1 is 1.20 bits per heavy atom. The van der Waals surface area contributed by atoms with Crippen molar-refractivity contribution in [3.8, 4) is 11.6 Å². The summed E-state index contributed by atoms with van der Waals surface area (Å²) in [6.45, 7) is 1.50. The first-order chi connectivity index (χ1) is 17.0. The van der Waals surface area contributed by atoms with Crippen molar-refractivity contribution >= 4 is 40.0 Å². The van der Waals surface area contributed by atoms with Gasteiger partial charge in [-0.1, -0.05) is 0 Å². The van der Waals surface area contributed by atoms with Crippen LogP contribution in [0.15, 0.2) is 42.6 Å². The number of methoxy groups -OCH3 is 1. The first-order valence-electron chi connectivity index (χ1n) is 11.4. The Morgan fingerprint density at radius 3 is 2.83 bits per heavy atom. The van der Waals surface area contributed by atoms with Crippen molar-refractivity contribution in [3.63, 3.8) is 0 Å². The van der Waals surface area contributed by atoms with Crippen molar-refractivity contribution in [2.45, 2.75) is 12.8 Å². The van der Waals surface area contributed by atoms with E-state index in [0.29, 0.717) is 65.5 Å². The summed E-state index contributed by atoms with van der Waals surface area (Å²) >= 11 is 0. The van der Waals surface area contributed by atoms with Crippen LogP contribution in [0, 0.1) is 5.92 Å². The molecule has 2 aliphatic rings. The van der Waals surface area contributed by atoms with Crippen LogP contribution in [-0.2, 0) is 9.59 Å². The zero-order valence-electron chi connectivity index (χ0n) is 19.2. The Morgan fingerprint density at radius 2 is 2.03 bits per heavy atom. The third-order valence-electron chi connectivity index (χ3n) is 6.29. The SMILES string of the molecule is COc1ccc2nccc(NC(=O)C3CCN(CC(=O)c4ccc5c(c4)NC(=O)CO5)CC3)c2n1. The molecule has 1 fully saturated rings. The van der Waals surface area contributed by atoms with Crippen molar-refractivity contribution < 1.29 is 23.9 Å². The molecule has 10 heteroatoms. The molecule has 0 unspecified atom stereocenters. The maximum Gasteiger partial charge on any atom is 0.262 e. The molecule has 5 rings (SSSR count). The van der Waals surface area contributed by atoms with Crippen LogP contribution in [0.4, 0.5) is 11.4 Å². The average molecular weight is 476 g/mol. The number of hydrogen-bond donors (Lipinski definition) is 2. The molecular weight excluding hydrogens is 450 g/mol. The van der Waals surface area contributed by atoms with E-state index in [9.17, 15) is 14.4 Å². The number of carbonyl (C=O) groups is 3. The molecular formula is C25H25N5O5. The van der Waals surface area contributed by atoms with E-state index < -0.39 is 0 Å². The largest absolute Gasteiger partial charge is 0.482 e. The van der Waals surface area contributed by atoms with Gasteiger partial charge in [0.05, 0.1) is 30.5 Å². The van der Waals surface area contributed by atoms with E-state index in [1.54, 1.807) is 49.7 Å². The van der Waals surface area contributed by atoms with E-state index in [1.165, 1.54) is 0 Å². The number of aromatic nitrogens is 2. The summed E-state index contributed by atoms with van der Waals surface area (Å²) < 4.78 is 10.5. The number of fused-ring (bicyclic) bond motifs is 2. The quantitative estimate of drug-likeness (QED) is 0.522. The smallest absolute Gasteiger partial charge is 0.262 e. The number of ether oxygens (including phenoxy) is 2. The fourth-order valence-corrected chi connectivity index (χ4v) is 4.36. The van der Waals surface area contributed by atoms with Crippen LogP contribution in [0.2, 0.25) is 0 Å². The highest BCUT2D eigenvalue weighted by Gasteiger charge is 2.27. The molecule has 35 heavy (non-hydrogen) atoms. The molecule has 0 radical (unpaired) electrons. The number of nitrogens with one attached hydrogen (secondary N) is 2. The number of rotatable bonds is 6.